The average molecular weight is 302 g/mol. The third kappa shape index (κ3) is 3.73. The van der Waals surface area contributed by atoms with Crippen LogP contribution in [0, 0.1) is 0 Å². The lowest BCUT2D eigenvalue weighted by atomic mass is 10.2. The van der Waals surface area contributed by atoms with E-state index in [-0.39, 0.29) is 0 Å². The fourth-order valence-corrected chi connectivity index (χ4v) is 2.57. The van der Waals surface area contributed by atoms with Crippen LogP contribution in [0.5, 0.6) is 0 Å². The maximum absolute atomic E-state index is 5.97. The first-order chi connectivity index (χ1) is 10.3. The van der Waals surface area contributed by atoms with Crippen LogP contribution in [0.3, 0.4) is 0 Å². The van der Waals surface area contributed by atoms with E-state index in [1.54, 1.807) is 0 Å². The minimum atomic E-state index is 0.739. The van der Waals surface area contributed by atoms with Gasteiger partial charge in [-0.2, -0.15) is 5.10 Å². The van der Waals surface area contributed by atoms with Crippen LogP contribution >= 0.6 is 11.6 Å². The number of pyridine rings is 1. The molecule has 1 aromatic heterocycles. The predicted octanol–water partition coefficient (Wildman–Crippen LogP) is 2.31. The topological polar surface area (TPSA) is 33.0 Å². The van der Waals surface area contributed by atoms with Gasteiger partial charge in [0.05, 0.1) is 25.5 Å². The van der Waals surface area contributed by atoms with E-state index < -0.39 is 0 Å². The van der Waals surface area contributed by atoms with Crippen LogP contribution in [0.2, 0.25) is 5.02 Å². The maximum atomic E-state index is 5.97. The highest BCUT2D eigenvalue weighted by molar-refractivity contribution is 6.30. The number of hydrazone groups is 1. The molecule has 4 nitrogen and oxygen atoms in total. The molecular weight excluding hydrogens is 284 g/mol. The number of rotatable bonds is 3. The Balaban J connectivity index is 1.56. The molecule has 2 aromatic rings. The third-order valence-electron chi connectivity index (χ3n) is 3.51. The monoisotopic (exact) mass is 301 g/mol. The molecule has 0 bridgehead atoms. The van der Waals surface area contributed by atoms with Crippen LogP contribution in [0.4, 0.5) is 5.82 Å². The molecule has 1 aliphatic rings. The normalized spacial score (nSPS) is 15.7. The number of benzene rings is 1. The highest BCUT2D eigenvalue weighted by Crippen LogP contribution is 2.11. The quantitative estimate of drug-likeness (QED) is 0.815. The van der Waals surface area contributed by atoms with Gasteiger partial charge in [0.25, 0.3) is 5.82 Å². The fraction of sp³-hybridized carbons (Fsp3) is 0.250. The number of aromatic amines is 1. The SMILES string of the molecule is Clc1cccc(/C=N/N2CCN(c3cccc[nH+]3)CC2)c1. The van der Waals surface area contributed by atoms with E-state index in [0.29, 0.717) is 0 Å². The molecular formula is C16H18ClN4+. The van der Waals surface area contributed by atoms with Crippen molar-refractivity contribution in [3.8, 4) is 0 Å². The predicted molar refractivity (Wildman–Crippen MR) is 85.8 cm³/mol. The summed E-state index contributed by atoms with van der Waals surface area (Å²) in [5, 5.41) is 7.37. The van der Waals surface area contributed by atoms with Crippen molar-refractivity contribution in [1.82, 2.24) is 5.01 Å². The Morgan fingerprint density at radius 3 is 2.62 bits per heavy atom. The Bertz CT molecular complexity index is 607. The summed E-state index contributed by atoms with van der Waals surface area (Å²) in [5.41, 5.74) is 1.03. The van der Waals surface area contributed by atoms with Crippen LogP contribution in [0.1, 0.15) is 5.56 Å². The minimum absolute atomic E-state index is 0.739. The fourth-order valence-electron chi connectivity index (χ4n) is 2.37. The zero-order chi connectivity index (χ0) is 14.5. The number of H-pyrrole nitrogens is 1. The van der Waals surface area contributed by atoms with Crippen LogP contribution in [-0.4, -0.2) is 37.4 Å². The van der Waals surface area contributed by atoms with Gasteiger partial charge in [-0.05, 0) is 23.8 Å². The van der Waals surface area contributed by atoms with Crippen molar-refractivity contribution in [2.45, 2.75) is 0 Å². The molecule has 0 atom stereocenters. The summed E-state index contributed by atoms with van der Waals surface area (Å²) in [7, 11) is 0. The molecule has 1 aromatic carbocycles. The van der Waals surface area contributed by atoms with Crippen molar-refractivity contribution < 1.29 is 4.98 Å². The first-order valence-electron chi connectivity index (χ1n) is 7.07. The van der Waals surface area contributed by atoms with Crippen molar-refractivity contribution >= 4 is 23.6 Å². The van der Waals surface area contributed by atoms with Gasteiger partial charge in [0, 0.05) is 11.1 Å². The lowest BCUT2D eigenvalue weighted by molar-refractivity contribution is -0.364. The number of anilines is 1. The van der Waals surface area contributed by atoms with Gasteiger partial charge in [0.2, 0.25) is 0 Å². The average Bonchev–Trinajstić information content (AvgIpc) is 2.54. The van der Waals surface area contributed by atoms with Crippen molar-refractivity contribution in [3.05, 3.63) is 59.2 Å². The minimum Gasteiger partial charge on any atom is -0.289 e. The molecule has 0 spiro atoms. The van der Waals surface area contributed by atoms with Gasteiger partial charge in [0.15, 0.2) is 0 Å². The number of halogens is 1. The van der Waals surface area contributed by atoms with E-state index in [9.17, 15) is 0 Å². The van der Waals surface area contributed by atoms with Crippen LogP contribution < -0.4 is 9.88 Å². The lowest BCUT2D eigenvalue weighted by Gasteiger charge is -2.28. The van der Waals surface area contributed by atoms with Gasteiger partial charge >= 0.3 is 0 Å². The molecule has 3 rings (SSSR count). The van der Waals surface area contributed by atoms with Gasteiger partial charge in [0.1, 0.15) is 13.1 Å². The van der Waals surface area contributed by atoms with Gasteiger partial charge in [-0.15, -0.1) is 0 Å². The number of nitrogens with one attached hydrogen (secondary N) is 1. The molecule has 1 saturated heterocycles. The van der Waals surface area contributed by atoms with Crippen molar-refractivity contribution in [2.24, 2.45) is 5.10 Å². The molecule has 108 valence electrons. The molecule has 0 radical (unpaired) electrons. The Morgan fingerprint density at radius 1 is 1.05 bits per heavy atom. The molecule has 1 fully saturated rings. The summed E-state index contributed by atoms with van der Waals surface area (Å²) in [6.07, 6.45) is 3.83. The molecule has 1 aliphatic heterocycles. The largest absolute Gasteiger partial charge is 0.289 e. The first-order valence-corrected chi connectivity index (χ1v) is 7.45. The highest BCUT2D eigenvalue weighted by Gasteiger charge is 2.21. The molecule has 0 aliphatic carbocycles. The molecule has 2 heterocycles. The summed E-state index contributed by atoms with van der Waals surface area (Å²) in [6, 6.07) is 13.9. The standard InChI is InChI=1S/C16H17ClN4/c17-15-5-3-4-14(12-15)13-19-21-10-8-20(9-11-21)16-6-1-2-7-18-16/h1-7,12-13H,8-11H2/p+1/b19-13+. The van der Waals surface area contributed by atoms with E-state index in [4.69, 9.17) is 11.6 Å². The second-order valence-corrected chi connectivity index (χ2v) is 5.42. The van der Waals surface area contributed by atoms with E-state index in [0.717, 1.165) is 42.6 Å². The van der Waals surface area contributed by atoms with E-state index in [2.05, 4.69) is 32.1 Å². The van der Waals surface area contributed by atoms with Crippen LogP contribution in [0.25, 0.3) is 0 Å². The smallest absolute Gasteiger partial charge is 0.274 e. The van der Waals surface area contributed by atoms with Gasteiger partial charge in [-0.1, -0.05) is 29.8 Å². The lowest BCUT2D eigenvalue weighted by Crippen LogP contribution is -2.45. The number of aromatic nitrogens is 1. The van der Waals surface area contributed by atoms with Gasteiger partial charge < -0.3 is 0 Å². The molecule has 0 saturated carbocycles. The summed E-state index contributed by atoms with van der Waals surface area (Å²) in [6.45, 7) is 3.76. The number of piperazine rings is 1. The highest BCUT2D eigenvalue weighted by atomic mass is 35.5. The van der Waals surface area contributed by atoms with Crippen molar-refractivity contribution in [3.63, 3.8) is 0 Å². The van der Waals surface area contributed by atoms with E-state index >= 15 is 0 Å². The van der Waals surface area contributed by atoms with E-state index in [1.165, 1.54) is 0 Å². The van der Waals surface area contributed by atoms with E-state index in [1.807, 2.05) is 42.7 Å². The molecule has 1 N–H and O–H groups in total. The Morgan fingerprint density at radius 2 is 1.90 bits per heavy atom. The third-order valence-corrected chi connectivity index (χ3v) is 3.74. The zero-order valence-electron chi connectivity index (χ0n) is 11.7. The summed E-state index contributed by atoms with van der Waals surface area (Å²) < 4.78 is 0. The Labute approximate surface area is 129 Å². The Hall–Kier alpha value is -2.07. The molecule has 0 unspecified atom stereocenters. The van der Waals surface area contributed by atoms with Crippen LogP contribution in [-0.2, 0) is 0 Å². The maximum Gasteiger partial charge on any atom is 0.274 e. The number of nitrogens with zero attached hydrogens (tertiary/aromatic N) is 3. The van der Waals surface area contributed by atoms with Gasteiger partial charge in [-0.3, -0.25) is 9.91 Å². The number of hydrogen-bond donors (Lipinski definition) is 0. The zero-order valence-corrected chi connectivity index (χ0v) is 12.5. The Kier molecular flexibility index (Phi) is 4.36. The first kappa shape index (κ1) is 13.9. The molecule has 5 heteroatoms. The summed E-state index contributed by atoms with van der Waals surface area (Å²) in [5.74, 6) is 1.16. The summed E-state index contributed by atoms with van der Waals surface area (Å²) in [4.78, 5) is 5.61. The second kappa shape index (κ2) is 6.59. The second-order valence-electron chi connectivity index (χ2n) is 4.99. The molecule has 0 amide bonds. The summed E-state index contributed by atoms with van der Waals surface area (Å²) >= 11 is 5.97. The van der Waals surface area contributed by atoms with Crippen molar-refractivity contribution in [2.75, 3.05) is 31.1 Å². The van der Waals surface area contributed by atoms with Gasteiger partial charge in [-0.25, -0.2) is 4.98 Å². The number of hydrogen-bond acceptors (Lipinski definition) is 3. The van der Waals surface area contributed by atoms with Crippen LogP contribution in [0.15, 0.2) is 53.8 Å². The molecule has 21 heavy (non-hydrogen) atoms. The van der Waals surface area contributed by atoms with Crippen molar-refractivity contribution in [1.29, 1.82) is 0 Å².